The second-order valence-corrected chi connectivity index (χ2v) is 5.71. The summed E-state index contributed by atoms with van der Waals surface area (Å²) in [6.07, 6.45) is 2.81. The van der Waals surface area contributed by atoms with Crippen molar-refractivity contribution >= 4 is 0 Å². The number of benzene rings is 2. The van der Waals surface area contributed by atoms with Crippen molar-refractivity contribution in [1.29, 1.82) is 0 Å². The van der Waals surface area contributed by atoms with Crippen molar-refractivity contribution in [3.63, 3.8) is 0 Å². The first-order valence-corrected chi connectivity index (χ1v) is 7.23. The molecule has 1 saturated carbocycles. The van der Waals surface area contributed by atoms with Crippen molar-refractivity contribution in [3.8, 4) is 5.75 Å². The molecular formula is C18H21NO. The van der Waals surface area contributed by atoms with Crippen LogP contribution in [0.15, 0.2) is 42.5 Å². The Hall–Kier alpha value is -1.80. The van der Waals surface area contributed by atoms with E-state index in [1.54, 1.807) is 0 Å². The molecule has 1 aliphatic carbocycles. The van der Waals surface area contributed by atoms with E-state index in [-0.39, 0.29) is 6.04 Å². The fourth-order valence-corrected chi connectivity index (χ4v) is 2.28. The monoisotopic (exact) mass is 267 g/mol. The zero-order valence-electron chi connectivity index (χ0n) is 12.1. The van der Waals surface area contributed by atoms with E-state index in [0.717, 1.165) is 16.9 Å². The van der Waals surface area contributed by atoms with Crippen molar-refractivity contribution in [2.45, 2.75) is 38.8 Å². The minimum absolute atomic E-state index is 0.0794. The summed E-state index contributed by atoms with van der Waals surface area (Å²) < 4.78 is 5.76. The predicted octanol–water partition coefficient (Wildman–Crippen LogP) is 3.89. The molecule has 2 nitrogen and oxygen atoms in total. The molecule has 2 heteroatoms. The largest absolute Gasteiger partial charge is 0.490 e. The van der Waals surface area contributed by atoms with Gasteiger partial charge in [-0.1, -0.05) is 30.3 Å². The maximum absolute atomic E-state index is 6.36. The summed E-state index contributed by atoms with van der Waals surface area (Å²) in [5.41, 5.74) is 11.2. The van der Waals surface area contributed by atoms with Gasteiger partial charge in [0.15, 0.2) is 0 Å². The van der Waals surface area contributed by atoms with Crippen molar-refractivity contribution in [1.82, 2.24) is 0 Å². The Morgan fingerprint density at radius 2 is 1.60 bits per heavy atom. The second kappa shape index (κ2) is 5.29. The highest BCUT2D eigenvalue weighted by atomic mass is 16.5. The maximum atomic E-state index is 6.36. The summed E-state index contributed by atoms with van der Waals surface area (Å²) in [6, 6.07) is 14.5. The molecule has 1 unspecified atom stereocenters. The van der Waals surface area contributed by atoms with Crippen LogP contribution >= 0.6 is 0 Å². The van der Waals surface area contributed by atoms with E-state index in [1.807, 2.05) is 12.1 Å². The summed E-state index contributed by atoms with van der Waals surface area (Å²) >= 11 is 0. The Morgan fingerprint density at radius 1 is 0.950 bits per heavy atom. The smallest absolute Gasteiger partial charge is 0.119 e. The molecule has 0 saturated heterocycles. The number of hydrogen-bond acceptors (Lipinski definition) is 2. The third-order valence-electron chi connectivity index (χ3n) is 3.96. The quantitative estimate of drug-likeness (QED) is 0.912. The van der Waals surface area contributed by atoms with E-state index >= 15 is 0 Å². The molecular weight excluding hydrogens is 246 g/mol. The van der Waals surface area contributed by atoms with E-state index in [0.29, 0.717) is 6.10 Å². The van der Waals surface area contributed by atoms with Gasteiger partial charge in [0.2, 0.25) is 0 Å². The second-order valence-electron chi connectivity index (χ2n) is 5.71. The van der Waals surface area contributed by atoms with Crippen molar-refractivity contribution in [3.05, 3.63) is 64.7 Å². The average Bonchev–Trinajstić information content (AvgIpc) is 3.26. The standard InChI is InChI=1S/C18H21NO/c1-12-3-4-15(11-13(12)2)18(19)14-5-7-16(8-6-14)20-17-9-10-17/h3-8,11,17-18H,9-10,19H2,1-2H3. The average molecular weight is 267 g/mol. The van der Waals surface area contributed by atoms with Gasteiger partial charge in [-0.25, -0.2) is 0 Å². The van der Waals surface area contributed by atoms with Gasteiger partial charge in [-0.3, -0.25) is 0 Å². The summed E-state index contributed by atoms with van der Waals surface area (Å²) in [7, 11) is 0. The first-order valence-electron chi connectivity index (χ1n) is 7.23. The van der Waals surface area contributed by atoms with Crippen molar-refractivity contribution in [2.75, 3.05) is 0 Å². The minimum atomic E-state index is -0.0794. The Kier molecular flexibility index (Phi) is 3.49. The van der Waals surface area contributed by atoms with Crippen LogP contribution in [-0.4, -0.2) is 6.10 Å². The topological polar surface area (TPSA) is 35.2 Å². The zero-order chi connectivity index (χ0) is 14.1. The van der Waals surface area contributed by atoms with Gasteiger partial charge in [0.25, 0.3) is 0 Å². The molecule has 2 N–H and O–H groups in total. The molecule has 2 aromatic carbocycles. The Bertz CT molecular complexity index is 599. The van der Waals surface area contributed by atoms with Crippen molar-refractivity contribution in [2.24, 2.45) is 5.73 Å². The van der Waals surface area contributed by atoms with Crippen LogP contribution in [0.3, 0.4) is 0 Å². The molecule has 1 aliphatic rings. The van der Waals surface area contributed by atoms with Gasteiger partial charge in [0.05, 0.1) is 12.1 Å². The fourth-order valence-electron chi connectivity index (χ4n) is 2.28. The zero-order valence-corrected chi connectivity index (χ0v) is 12.1. The summed E-state index contributed by atoms with van der Waals surface area (Å²) in [4.78, 5) is 0. The van der Waals surface area contributed by atoms with Crippen LogP contribution in [0.4, 0.5) is 0 Å². The van der Waals surface area contributed by atoms with E-state index in [4.69, 9.17) is 10.5 Å². The molecule has 0 aromatic heterocycles. The molecule has 0 aliphatic heterocycles. The lowest BCUT2D eigenvalue weighted by Crippen LogP contribution is -2.12. The maximum Gasteiger partial charge on any atom is 0.119 e. The Morgan fingerprint density at radius 3 is 2.20 bits per heavy atom. The normalized spacial score (nSPS) is 15.9. The number of nitrogens with two attached hydrogens (primary N) is 1. The first-order chi connectivity index (χ1) is 9.63. The third kappa shape index (κ3) is 2.86. The lowest BCUT2D eigenvalue weighted by Gasteiger charge is -2.15. The summed E-state index contributed by atoms with van der Waals surface area (Å²) in [5, 5.41) is 0. The summed E-state index contributed by atoms with van der Waals surface area (Å²) in [6.45, 7) is 4.24. The minimum Gasteiger partial charge on any atom is -0.490 e. The van der Waals surface area contributed by atoms with Crippen LogP contribution in [0, 0.1) is 13.8 Å². The number of ether oxygens (including phenoxy) is 1. The molecule has 20 heavy (non-hydrogen) atoms. The SMILES string of the molecule is Cc1ccc(C(N)c2ccc(OC3CC3)cc2)cc1C. The van der Waals surface area contributed by atoms with Gasteiger partial charge >= 0.3 is 0 Å². The number of rotatable bonds is 4. The van der Waals surface area contributed by atoms with E-state index < -0.39 is 0 Å². The third-order valence-corrected chi connectivity index (χ3v) is 3.96. The van der Waals surface area contributed by atoms with Gasteiger partial charge in [-0.05, 0) is 61.1 Å². The van der Waals surface area contributed by atoms with Gasteiger partial charge in [0, 0.05) is 0 Å². The summed E-state index contributed by atoms with van der Waals surface area (Å²) in [5.74, 6) is 0.948. The number of hydrogen-bond donors (Lipinski definition) is 1. The van der Waals surface area contributed by atoms with Gasteiger partial charge in [-0.15, -0.1) is 0 Å². The highest BCUT2D eigenvalue weighted by Gasteiger charge is 2.23. The van der Waals surface area contributed by atoms with Gasteiger partial charge in [-0.2, -0.15) is 0 Å². The van der Waals surface area contributed by atoms with Crippen LogP contribution in [0.25, 0.3) is 0 Å². The van der Waals surface area contributed by atoms with Crippen LogP contribution in [0.5, 0.6) is 5.75 Å². The van der Waals surface area contributed by atoms with E-state index in [1.165, 1.54) is 24.0 Å². The van der Waals surface area contributed by atoms with E-state index in [2.05, 4.69) is 44.2 Å². The molecule has 0 bridgehead atoms. The fraction of sp³-hybridized carbons (Fsp3) is 0.333. The number of aryl methyl sites for hydroxylation is 2. The molecule has 0 spiro atoms. The van der Waals surface area contributed by atoms with Crippen LogP contribution in [0.1, 0.15) is 41.1 Å². The van der Waals surface area contributed by atoms with Crippen molar-refractivity contribution < 1.29 is 4.74 Å². The molecule has 3 rings (SSSR count). The van der Waals surface area contributed by atoms with Gasteiger partial charge in [0.1, 0.15) is 5.75 Å². The first kappa shape index (κ1) is 13.2. The van der Waals surface area contributed by atoms with Gasteiger partial charge < -0.3 is 10.5 Å². The lowest BCUT2D eigenvalue weighted by atomic mass is 9.96. The Labute approximate surface area is 120 Å². The van der Waals surface area contributed by atoms with Crippen LogP contribution in [-0.2, 0) is 0 Å². The predicted molar refractivity (Wildman–Crippen MR) is 82.0 cm³/mol. The highest BCUT2D eigenvalue weighted by molar-refractivity contribution is 5.38. The molecule has 0 radical (unpaired) electrons. The molecule has 1 fully saturated rings. The molecule has 0 amide bonds. The lowest BCUT2D eigenvalue weighted by molar-refractivity contribution is 0.303. The molecule has 0 heterocycles. The van der Waals surface area contributed by atoms with Crippen LogP contribution in [0.2, 0.25) is 0 Å². The van der Waals surface area contributed by atoms with Crippen LogP contribution < -0.4 is 10.5 Å². The Balaban J connectivity index is 1.78. The molecule has 2 aromatic rings. The van der Waals surface area contributed by atoms with E-state index in [9.17, 15) is 0 Å². The molecule has 1 atom stereocenters. The molecule has 104 valence electrons. The highest BCUT2D eigenvalue weighted by Crippen LogP contribution is 2.28.